The van der Waals surface area contributed by atoms with Crippen molar-refractivity contribution in [3.05, 3.63) is 73.1 Å². The maximum absolute atomic E-state index is 11.5. The van der Waals surface area contributed by atoms with Crippen molar-refractivity contribution in [2.24, 2.45) is 0 Å². The first-order valence-corrected chi connectivity index (χ1v) is 13.9. The lowest BCUT2D eigenvalue weighted by Crippen LogP contribution is -3.00. The monoisotopic (exact) mass is 766 g/mol. The Morgan fingerprint density at radius 3 is 1.27 bits per heavy atom. The number of unbranched alkanes of at least 4 members (excludes halogenated alkanes) is 7. The molecule has 0 bridgehead atoms. The molecule has 214 valence electrons. The van der Waals surface area contributed by atoms with E-state index in [0.29, 0.717) is 0 Å². The van der Waals surface area contributed by atoms with Crippen LogP contribution in [-0.2, 0) is 22.7 Å². The number of amides is 2. The molecule has 6 nitrogen and oxygen atoms in total. The third-order valence-corrected chi connectivity index (χ3v) is 7.02. The fourth-order valence-electron chi connectivity index (χ4n) is 5.19. The number of aryl methyl sites for hydroxylation is 2. The first-order valence-electron chi connectivity index (χ1n) is 13.9. The lowest BCUT2D eigenvalue weighted by molar-refractivity contribution is -0.672. The van der Waals surface area contributed by atoms with E-state index in [1.54, 1.807) is 13.8 Å². The molecule has 2 N–H and O–H groups in total. The Hall–Kier alpha value is -2.34. The summed E-state index contributed by atoms with van der Waals surface area (Å²) in [7, 11) is 0. The number of rotatable bonds is 13. The molecule has 40 heavy (non-hydrogen) atoms. The van der Waals surface area contributed by atoms with Crippen LogP contribution in [0.15, 0.2) is 73.1 Å². The van der Waals surface area contributed by atoms with Gasteiger partial charge >= 0.3 is 0 Å². The highest BCUT2D eigenvalue weighted by Crippen LogP contribution is 2.21. The van der Waals surface area contributed by atoms with E-state index in [2.05, 4.69) is 68.6 Å². The molecule has 2 amide bonds. The zero-order valence-corrected chi connectivity index (χ0v) is 27.8. The number of carbonyl (C=O) groups excluding carboxylic acids is 2. The van der Waals surface area contributed by atoms with Gasteiger partial charge in [0.2, 0.25) is 22.8 Å². The SMILES string of the molecule is CC(=O)Nc1cc[n+](CCCCCCCCCC[n+]2ccc(NC(C)=O)c3ccccc32)c2ccccc12.[I-].[I-]. The summed E-state index contributed by atoms with van der Waals surface area (Å²) in [5, 5.41) is 8.04. The quantitative estimate of drug-likeness (QED) is 0.117. The Morgan fingerprint density at radius 1 is 0.550 bits per heavy atom. The van der Waals surface area contributed by atoms with Crippen molar-refractivity contribution in [1.82, 2.24) is 0 Å². The first kappa shape index (κ1) is 33.9. The summed E-state index contributed by atoms with van der Waals surface area (Å²) >= 11 is 0. The normalized spacial score (nSPS) is 10.6. The first-order chi connectivity index (χ1) is 18.5. The molecule has 0 fully saturated rings. The van der Waals surface area contributed by atoms with E-state index >= 15 is 0 Å². The minimum atomic E-state index is -0.0440. The average molecular weight is 767 g/mol. The second-order valence-electron chi connectivity index (χ2n) is 10.1. The molecule has 0 saturated carbocycles. The number of nitrogens with zero attached hydrogens (tertiary/aromatic N) is 2. The van der Waals surface area contributed by atoms with Crippen LogP contribution in [0.3, 0.4) is 0 Å². The minimum absolute atomic E-state index is 0. The van der Waals surface area contributed by atoms with Crippen molar-refractivity contribution in [3.63, 3.8) is 0 Å². The zero-order valence-electron chi connectivity index (χ0n) is 23.5. The fraction of sp³-hybridized carbons (Fsp3) is 0.375. The van der Waals surface area contributed by atoms with Crippen LogP contribution in [0.4, 0.5) is 11.4 Å². The molecule has 0 spiro atoms. The van der Waals surface area contributed by atoms with Gasteiger partial charge in [-0.2, -0.15) is 9.13 Å². The smallest absolute Gasteiger partial charge is 0.221 e. The molecule has 0 radical (unpaired) electrons. The van der Waals surface area contributed by atoms with Crippen LogP contribution in [0.25, 0.3) is 21.8 Å². The van der Waals surface area contributed by atoms with Crippen LogP contribution in [0.2, 0.25) is 0 Å². The molecule has 2 heterocycles. The molecule has 4 rings (SSSR count). The van der Waals surface area contributed by atoms with Gasteiger partial charge in [-0.05, 0) is 25.0 Å². The number of nitrogens with one attached hydrogen (secondary N) is 2. The van der Waals surface area contributed by atoms with E-state index in [1.165, 1.54) is 38.5 Å². The topological polar surface area (TPSA) is 66.0 Å². The highest BCUT2D eigenvalue weighted by Gasteiger charge is 2.14. The second kappa shape index (κ2) is 17.5. The van der Waals surface area contributed by atoms with Crippen LogP contribution < -0.4 is 67.7 Å². The van der Waals surface area contributed by atoms with Gasteiger partial charge in [0.1, 0.15) is 13.1 Å². The van der Waals surface area contributed by atoms with Gasteiger partial charge in [0, 0.05) is 51.0 Å². The van der Waals surface area contributed by atoms with E-state index in [9.17, 15) is 9.59 Å². The third kappa shape index (κ3) is 9.64. The Kier molecular flexibility index (Phi) is 14.8. The van der Waals surface area contributed by atoms with Crippen molar-refractivity contribution in [2.45, 2.75) is 78.3 Å². The maximum Gasteiger partial charge on any atom is 0.221 e. The second-order valence-corrected chi connectivity index (χ2v) is 10.1. The molecule has 0 atom stereocenters. The molecule has 0 aliphatic rings. The Balaban J connectivity index is 0.00000280. The van der Waals surface area contributed by atoms with E-state index in [1.807, 2.05) is 24.3 Å². The molecule has 2 aromatic heterocycles. The van der Waals surface area contributed by atoms with Crippen molar-refractivity contribution < 1.29 is 66.7 Å². The number of hydrogen-bond donors (Lipinski definition) is 2. The van der Waals surface area contributed by atoms with Gasteiger partial charge < -0.3 is 58.6 Å². The van der Waals surface area contributed by atoms with Gasteiger partial charge in [0.25, 0.3) is 0 Å². The molecule has 2 aromatic carbocycles. The number of benzene rings is 2. The Bertz CT molecular complexity index is 1300. The number of para-hydroxylation sites is 2. The predicted molar refractivity (Wildman–Crippen MR) is 154 cm³/mol. The van der Waals surface area contributed by atoms with Gasteiger partial charge in [-0.15, -0.1) is 0 Å². The van der Waals surface area contributed by atoms with Gasteiger partial charge in [0.05, 0.1) is 22.1 Å². The van der Waals surface area contributed by atoms with Crippen LogP contribution >= 0.6 is 0 Å². The summed E-state index contributed by atoms with van der Waals surface area (Å²) in [6.45, 7) is 5.08. The number of pyridine rings is 2. The van der Waals surface area contributed by atoms with Gasteiger partial charge in [-0.1, -0.05) is 49.9 Å². The molecule has 0 aliphatic carbocycles. The number of aromatic nitrogens is 2. The van der Waals surface area contributed by atoms with E-state index in [-0.39, 0.29) is 59.8 Å². The van der Waals surface area contributed by atoms with E-state index in [0.717, 1.165) is 59.1 Å². The third-order valence-electron chi connectivity index (χ3n) is 7.02. The molecule has 4 aromatic rings. The Labute approximate surface area is 272 Å². The lowest BCUT2D eigenvalue weighted by atomic mass is 10.1. The summed E-state index contributed by atoms with van der Waals surface area (Å²) in [5.74, 6) is -0.0879. The molecular formula is C32H40I2N4O2. The summed E-state index contributed by atoms with van der Waals surface area (Å²) in [6, 6.07) is 20.5. The molecule has 0 aliphatic heterocycles. The van der Waals surface area contributed by atoms with Crippen molar-refractivity contribution in [2.75, 3.05) is 10.6 Å². The van der Waals surface area contributed by atoms with Crippen LogP contribution in [-0.4, -0.2) is 11.8 Å². The molecule has 0 unspecified atom stereocenters. The lowest BCUT2D eigenvalue weighted by Gasteiger charge is -2.08. The van der Waals surface area contributed by atoms with Crippen molar-refractivity contribution in [3.8, 4) is 0 Å². The standard InChI is InChI=1S/C32H38N4O2.2HI/c1-25(37)33-29-19-23-35(31-17-11-9-15-27(29)31)21-13-7-5-3-4-6-8-14-22-36-24-20-30(34-26(2)38)28-16-10-12-18-32(28)36;;/h9-12,15-20,23-24H,3-8,13-14,21-22H2,1-2H3;2*1H. The predicted octanol–water partition coefficient (Wildman–Crippen LogP) is 0.314. The molecule has 8 heteroatoms. The summed E-state index contributed by atoms with van der Waals surface area (Å²) in [6.07, 6.45) is 14.1. The molecular weight excluding hydrogens is 726 g/mol. The number of anilines is 2. The van der Waals surface area contributed by atoms with Gasteiger partial charge in [-0.25, -0.2) is 0 Å². The van der Waals surface area contributed by atoms with Gasteiger partial charge in [-0.3, -0.25) is 9.59 Å². The van der Waals surface area contributed by atoms with Crippen molar-refractivity contribution >= 4 is 45.0 Å². The highest BCUT2D eigenvalue weighted by atomic mass is 127. The minimum Gasteiger partial charge on any atom is -1.00 e. The van der Waals surface area contributed by atoms with Crippen molar-refractivity contribution in [1.29, 1.82) is 0 Å². The fourth-order valence-corrected chi connectivity index (χ4v) is 5.19. The number of hydrogen-bond acceptors (Lipinski definition) is 2. The highest BCUT2D eigenvalue weighted by molar-refractivity contribution is 5.99. The molecule has 0 saturated heterocycles. The number of carbonyl (C=O) groups is 2. The van der Waals surface area contributed by atoms with E-state index in [4.69, 9.17) is 0 Å². The summed E-state index contributed by atoms with van der Waals surface area (Å²) in [4.78, 5) is 23.0. The summed E-state index contributed by atoms with van der Waals surface area (Å²) < 4.78 is 4.59. The van der Waals surface area contributed by atoms with Crippen LogP contribution in [0.1, 0.15) is 65.2 Å². The largest absolute Gasteiger partial charge is 1.00 e. The maximum atomic E-state index is 11.5. The zero-order chi connectivity index (χ0) is 26.7. The average Bonchev–Trinajstić information content (AvgIpc) is 2.91. The van der Waals surface area contributed by atoms with Crippen LogP contribution in [0, 0.1) is 0 Å². The Morgan fingerprint density at radius 2 is 0.900 bits per heavy atom. The number of fused-ring (bicyclic) bond motifs is 2. The van der Waals surface area contributed by atoms with E-state index < -0.39 is 0 Å². The van der Waals surface area contributed by atoms with Gasteiger partial charge in [0.15, 0.2) is 12.4 Å². The number of halogens is 2. The summed E-state index contributed by atoms with van der Waals surface area (Å²) in [5.41, 5.74) is 4.07. The van der Waals surface area contributed by atoms with Crippen LogP contribution in [0.5, 0.6) is 0 Å².